The fourth-order valence-electron chi connectivity index (χ4n) is 3.66. The summed E-state index contributed by atoms with van der Waals surface area (Å²) in [4.78, 5) is 4.30. The SMILES string of the molecule is Cn1cnc(CNC2CCCCC2C2CCCN2)n1. The lowest BCUT2D eigenvalue weighted by Crippen LogP contribution is -2.46. The molecule has 1 saturated carbocycles. The van der Waals surface area contributed by atoms with E-state index in [4.69, 9.17) is 0 Å². The van der Waals surface area contributed by atoms with Gasteiger partial charge in [0.25, 0.3) is 0 Å². The van der Waals surface area contributed by atoms with Gasteiger partial charge in [0.1, 0.15) is 6.33 Å². The molecule has 0 bridgehead atoms. The molecule has 0 spiro atoms. The molecule has 3 rings (SSSR count). The first-order valence-corrected chi connectivity index (χ1v) is 7.64. The predicted octanol–water partition coefficient (Wildman–Crippen LogP) is 1.22. The molecule has 106 valence electrons. The Morgan fingerprint density at radius 1 is 1.32 bits per heavy atom. The maximum absolute atomic E-state index is 4.35. The number of aryl methyl sites for hydroxylation is 1. The third-order valence-corrected chi connectivity index (χ3v) is 4.60. The second kappa shape index (κ2) is 6.01. The van der Waals surface area contributed by atoms with E-state index in [1.807, 2.05) is 7.05 Å². The number of hydrogen-bond acceptors (Lipinski definition) is 4. The summed E-state index contributed by atoms with van der Waals surface area (Å²) in [6.45, 7) is 2.00. The van der Waals surface area contributed by atoms with Crippen LogP contribution in [0.15, 0.2) is 6.33 Å². The van der Waals surface area contributed by atoms with Crippen LogP contribution in [0.4, 0.5) is 0 Å². The smallest absolute Gasteiger partial charge is 0.164 e. The highest BCUT2D eigenvalue weighted by atomic mass is 15.3. The quantitative estimate of drug-likeness (QED) is 0.857. The van der Waals surface area contributed by atoms with Crippen molar-refractivity contribution in [1.82, 2.24) is 25.4 Å². The predicted molar refractivity (Wildman–Crippen MR) is 74.6 cm³/mol. The van der Waals surface area contributed by atoms with Gasteiger partial charge in [0.05, 0.1) is 6.54 Å². The van der Waals surface area contributed by atoms with E-state index in [9.17, 15) is 0 Å². The molecule has 2 aliphatic rings. The van der Waals surface area contributed by atoms with Crippen molar-refractivity contribution in [1.29, 1.82) is 0 Å². The number of nitrogens with zero attached hydrogens (tertiary/aromatic N) is 3. The zero-order valence-electron chi connectivity index (χ0n) is 11.8. The lowest BCUT2D eigenvalue weighted by atomic mass is 9.79. The zero-order chi connectivity index (χ0) is 13.1. The Labute approximate surface area is 115 Å². The summed E-state index contributed by atoms with van der Waals surface area (Å²) in [6, 6.07) is 1.36. The van der Waals surface area contributed by atoms with E-state index >= 15 is 0 Å². The van der Waals surface area contributed by atoms with Gasteiger partial charge in [-0.05, 0) is 38.1 Å². The van der Waals surface area contributed by atoms with E-state index in [1.54, 1.807) is 11.0 Å². The molecule has 1 saturated heterocycles. The summed E-state index contributed by atoms with van der Waals surface area (Å²) in [7, 11) is 1.92. The molecular formula is C14H25N5. The summed E-state index contributed by atoms with van der Waals surface area (Å²) in [6.07, 6.45) is 9.88. The zero-order valence-corrected chi connectivity index (χ0v) is 11.8. The third kappa shape index (κ3) is 3.15. The lowest BCUT2D eigenvalue weighted by Gasteiger charge is -2.36. The Morgan fingerprint density at radius 2 is 2.21 bits per heavy atom. The summed E-state index contributed by atoms with van der Waals surface area (Å²) in [5, 5.41) is 11.7. The van der Waals surface area contributed by atoms with Crippen molar-refractivity contribution < 1.29 is 0 Å². The first-order chi connectivity index (χ1) is 9.33. The van der Waals surface area contributed by atoms with Crippen LogP contribution in [0, 0.1) is 5.92 Å². The molecule has 2 N–H and O–H groups in total. The molecule has 0 radical (unpaired) electrons. The van der Waals surface area contributed by atoms with Crippen LogP contribution in [0.3, 0.4) is 0 Å². The van der Waals surface area contributed by atoms with E-state index in [2.05, 4.69) is 20.7 Å². The van der Waals surface area contributed by atoms with Gasteiger partial charge in [0, 0.05) is 19.1 Å². The minimum absolute atomic E-state index is 0.633. The Hall–Kier alpha value is -0.940. The van der Waals surface area contributed by atoms with E-state index in [-0.39, 0.29) is 0 Å². The van der Waals surface area contributed by atoms with Crippen LogP contribution in [-0.4, -0.2) is 33.4 Å². The highest BCUT2D eigenvalue weighted by Crippen LogP contribution is 2.30. The largest absolute Gasteiger partial charge is 0.314 e. The van der Waals surface area contributed by atoms with Crippen molar-refractivity contribution in [3.63, 3.8) is 0 Å². The Balaban J connectivity index is 1.57. The van der Waals surface area contributed by atoms with Gasteiger partial charge in [0.15, 0.2) is 5.82 Å². The molecule has 1 aromatic heterocycles. The molecule has 5 heteroatoms. The maximum atomic E-state index is 4.35. The van der Waals surface area contributed by atoms with Crippen molar-refractivity contribution in [2.45, 2.75) is 57.2 Å². The second-order valence-electron chi connectivity index (χ2n) is 5.97. The van der Waals surface area contributed by atoms with Gasteiger partial charge in [-0.25, -0.2) is 4.98 Å². The number of nitrogens with one attached hydrogen (secondary N) is 2. The lowest BCUT2D eigenvalue weighted by molar-refractivity contribution is 0.212. The van der Waals surface area contributed by atoms with Crippen molar-refractivity contribution >= 4 is 0 Å². The van der Waals surface area contributed by atoms with Gasteiger partial charge in [0.2, 0.25) is 0 Å². The van der Waals surface area contributed by atoms with Gasteiger partial charge in [-0.3, -0.25) is 4.68 Å². The number of aromatic nitrogens is 3. The second-order valence-corrected chi connectivity index (χ2v) is 5.97. The molecule has 3 atom stereocenters. The van der Waals surface area contributed by atoms with Gasteiger partial charge in [-0.2, -0.15) is 5.10 Å². The molecule has 1 aliphatic heterocycles. The third-order valence-electron chi connectivity index (χ3n) is 4.60. The Kier molecular flexibility index (Phi) is 4.13. The molecule has 0 aromatic carbocycles. The first-order valence-electron chi connectivity index (χ1n) is 7.64. The summed E-state index contributed by atoms with van der Waals surface area (Å²) < 4.78 is 1.77. The molecule has 1 aromatic rings. The van der Waals surface area contributed by atoms with E-state index in [1.165, 1.54) is 45.1 Å². The molecule has 2 heterocycles. The van der Waals surface area contributed by atoms with Crippen LogP contribution in [0.2, 0.25) is 0 Å². The van der Waals surface area contributed by atoms with Crippen LogP contribution in [0.5, 0.6) is 0 Å². The fraction of sp³-hybridized carbons (Fsp3) is 0.857. The fourth-order valence-corrected chi connectivity index (χ4v) is 3.66. The van der Waals surface area contributed by atoms with Gasteiger partial charge >= 0.3 is 0 Å². The molecule has 0 amide bonds. The van der Waals surface area contributed by atoms with Gasteiger partial charge < -0.3 is 10.6 Å². The van der Waals surface area contributed by atoms with Crippen LogP contribution in [0.25, 0.3) is 0 Å². The summed E-state index contributed by atoms with van der Waals surface area (Å²) >= 11 is 0. The molecule has 19 heavy (non-hydrogen) atoms. The van der Waals surface area contributed by atoms with Gasteiger partial charge in [-0.1, -0.05) is 12.8 Å². The minimum Gasteiger partial charge on any atom is -0.314 e. The van der Waals surface area contributed by atoms with Crippen molar-refractivity contribution in [3.8, 4) is 0 Å². The molecular weight excluding hydrogens is 238 g/mol. The van der Waals surface area contributed by atoms with E-state index < -0.39 is 0 Å². The highest BCUT2D eigenvalue weighted by molar-refractivity contribution is 4.92. The van der Waals surface area contributed by atoms with Crippen LogP contribution in [0.1, 0.15) is 44.3 Å². The highest BCUT2D eigenvalue weighted by Gasteiger charge is 2.32. The number of rotatable bonds is 4. The standard InChI is InChI=1S/C14H25N5/c1-19-10-17-14(18-19)9-16-13-6-3-2-5-11(13)12-7-4-8-15-12/h10-13,15-16H,2-9H2,1H3. The molecule has 2 fully saturated rings. The van der Waals surface area contributed by atoms with Gasteiger partial charge in [-0.15, -0.1) is 0 Å². The van der Waals surface area contributed by atoms with E-state index in [0.29, 0.717) is 6.04 Å². The summed E-state index contributed by atoms with van der Waals surface area (Å²) in [5.74, 6) is 1.70. The molecule has 1 aliphatic carbocycles. The van der Waals surface area contributed by atoms with Crippen molar-refractivity contribution in [3.05, 3.63) is 12.2 Å². The van der Waals surface area contributed by atoms with Crippen molar-refractivity contribution in [2.24, 2.45) is 13.0 Å². The average Bonchev–Trinajstić information content (AvgIpc) is 3.08. The average molecular weight is 263 g/mol. The first kappa shape index (κ1) is 13.1. The normalized spacial score (nSPS) is 31.7. The topological polar surface area (TPSA) is 54.8 Å². The Bertz CT molecular complexity index is 396. The molecule has 5 nitrogen and oxygen atoms in total. The van der Waals surface area contributed by atoms with Crippen LogP contribution >= 0.6 is 0 Å². The molecule has 3 unspecified atom stereocenters. The number of hydrogen-bond donors (Lipinski definition) is 2. The van der Waals surface area contributed by atoms with Crippen LogP contribution in [-0.2, 0) is 13.6 Å². The minimum atomic E-state index is 0.633. The van der Waals surface area contributed by atoms with E-state index in [0.717, 1.165) is 24.3 Å². The maximum Gasteiger partial charge on any atom is 0.164 e. The van der Waals surface area contributed by atoms with Crippen LogP contribution < -0.4 is 10.6 Å². The summed E-state index contributed by atoms with van der Waals surface area (Å²) in [5.41, 5.74) is 0. The van der Waals surface area contributed by atoms with Crippen molar-refractivity contribution in [2.75, 3.05) is 6.54 Å². The monoisotopic (exact) mass is 263 g/mol. The Morgan fingerprint density at radius 3 is 2.95 bits per heavy atom.